The normalized spacial score (nSPS) is 11.4. The van der Waals surface area contributed by atoms with E-state index in [1.54, 1.807) is 30.5 Å². The SMILES string of the molecule is O=C(NN=Cc1cn(Cc2cccc([N+](=O)[O-])c2)c2ccccc12)c1cc2ccccc2o1. The molecule has 0 unspecified atom stereocenters. The maximum atomic E-state index is 12.4. The molecule has 0 bridgehead atoms. The molecule has 1 N–H and O–H groups in total. The largest absolute Gasteiger partial charge is 0.451 e. The number of aromatic nitrogens is 1. The van der Waals surface area contributed by atoms with E-state index in [0.717, 1.165) is 27.4 Å². The zero-order chi connectivity index (χ0) is 22.8. The van der Waals surface area contributed by atoms with Crippen LogP contribution in [0, 0.1) is 10.1 Å². The molecule has 0 radical (unpaired) electrons. The maximum absolute atomic E-state index is 12.4. The molecule has 3 aromatic carbocycles. The highest BCUT2D eigenvalue weighted by molar-refractivity contribution is 6.01. The van der Waals surface area contributed by atoms with Gasteiger partial charge >= 0.3 is 5.91 Å². The first kappa shape index (κ1) is 20.2. The summed E-state index contributed by atoms with van der Waals surface area (Å²) >= 11 is 0. The van der Waals surface area contributed by atoms with Crippen molar-refractivity contribution in [1.29, 1.82) is 0 Å². The summed E-state index contributed by atoms with van der Waals surface area (Å²) in [4.78, 5) is 23.1. The van der Waals surface area contributed by atoms with Gasteiger partial charge in [-0.2, -0.15) is 5.10 Å². The number of carbonyl (C=O) groups excluding carboxylic acids is 1. The van der Waals surface area contributed by atoms with Crippen LogP contribution in [-0.2, 0) is 6.54 Å². The summed E-state index contributed by atoms with van der Waals surface area (Å²) in [5.41, 5.74) is 5.77. The number of nitro groups is 1. The highest BCUT2D eigenvalue weighted by Gasteiger charge is 2.12. The molecule has 33 heavy (non-hydrogen) atoms. The van der Waals surface area contributed by atoms with Gasteiger partial charge in [0, 0.05) is 46.7 Å². The first-order valence-corrected chi connectivity index (χ1v) is 10.2. The number of para-hydroxylation sites is 2. The van der Waals surface area contributed by atoms with Crippen LogP contribution in [0.15, 0.2) is 94.6 Å². The number of hydrazone groups is 1. The lowest BCUT2D eigenvalue weighted by molar-refractivity contribution is -0.384. The van der Waals surface area contributed by atoms with E-state index in [9.17, 15) is 14.9 Å². The van der Waals surface area contributed by atoms with E-state index < -0.39 is 10.8 Å². The predicted molar refractivity (Wildman–Crippen MR) is 125 cm³/mol. The Morgan fingerprint density at radius 2 is 1.88 bits per heavy atom. The smallest absolute Gasteiger partial charge is 0.307 e. The molecule has 0 aliphatic rings. The Labute approximate surface area is 187 Å². The molecule has 0 saturated heterocycles. The van der Waals surface area contributed by atoms with Crippen LogP contribution in [0.2, 0.25) is 0 Å². The van der Waals surface area contributed by atoms with Crippen molar-refractivity contribution in [1.82, 2.24) is 9.99 Å². The fraction of sp³-hybridized carbons (Fsp3) is 0.0400. The van der Waals surface area contributed by atoms with Gasteiger partial charge in [0.2, 0.25) is 0 Å². The zero-order valence-electron chi connectivity index (χ0n) is 17.3. The number of benzene rings is 3. The summed E-state index contributed by atoms with van der Waals surface area (Å²) in [7, 11) is 0. The minimum absolute atomic E-state index is 0.0547. The third-order valence-corrected chi connectivity index (χ3v) is 5.31. The number of non-ortho nitro benzene ring substituents is 1. The Morgan fingerprint density at radius 3 is 2.73 bits per heavy atom. The summed E-state index contributed by atoms with van der Waals surface area (Å²) in [5.74, 6) is -0.260. The zero-order valence-corrected chi connectivity index (χ0v) is 17.3. The van der Waals surface area contributed by atoms with E-state index in [-0.39, 0.29) is 11.4 Å². The molecule has 0 aliphatic carbocycles. The molecule has 0 aliphatic heterocycles. The van der Waals surface area contributed by atoms with Gasteiger partial charge in [-0.15, -0.1) is 0 Å². The van der Waals surface area contributed by atoms with Crippen LogP contribution in [0.25, 0.3) is 21.9 Å². The van der Waals surface area contributed by atoms with Gasteiger partial charge in [0.15, 0.2) is 5.76 Å². The number of nitro benzene ring substituents is 1. The molecule has 162 valence electrons. The third-order valence-electron chi connectivity index (χ3n) is 5.31. The number of hydrogen-bond donors (Lipinski definition) is 1. The van der Waals surface area contributed by atoms with Crippen LogP contribution in [0.1, 0.15) is 21.7 Å². The molecule has 8 heteroatoms. The van der Waals surface area contributed by atoms with Crippen molar-refractivity contribution in [2.24, 2.45) is 5.10 Å². The Morgan fingerprint density at radius 1 is 1.06 bits per heavy atom. The van der Waals surface area contributed by atoms with Gasteiger partial charge in [0.05, 0.1) is 11.1 Å². The Kier molecular flexibility index (Phi) is 5.16. The minimum Gasteiger partial charge on any atom is -0.451 e. The number of amides is 1. The van der Waals surface area contributed by atoms with Crippen LogP contribution in [0.3, 0.4) is 0 Å². The second-order valence-corrected chi connectivity index (χ2v) is 7.50. The van der Waals surface area contributed by atoms with Gasteiger partial charge in [0.25, 0.3) is 5.69 Å². The topological polar surface area (TPSA) is 103 Å². The van der Waals surface area contributed by atoms with Crippen molar-refractivity contribution in [3.8, 4) is 0 Å². The molecule has 0 fully saturated rings. The number of fused-ring (bicyclic) bond motifs is 2. The van der Waals surface area contributed by atoms with Crippen LogP contribution in [-0.4, -0.2) is 21.6 Å². The van der Waals surface area contributed by atoms with Crippen LogP contribution < -0.4 is 5.43 Å². The van der Waals surface area contributed by atoms with Crippen molar-refractivity contribution in [2.75, 3.05) is 0 Å². The van der Waals surface area contributed by atoms with Crippen LogP contribution >= 0.6 is 0 Å². The molecule has 1 amide bonds. The van der Waals surface area contributed by atoms with Crippen molar-refractivity contribution in [3.05, 3.63) is 112 Å². The van der Waals surface area contributed by atoms with E-state index >= 15 is 0 Å². The summed E-state index contributed by atoms with van der Waals surface area (Å²) in [6.45, 7) is 0.460. The average molecular weight is 438 g/mol. The summed E-state index contributed by atoms with van der Waals surface area (Å²) in [6, 6.07) is 23.4. The number of furan rings is 1. The van der Waals surface area contributed by atoms with Gasteiger partial charge < -0.3 is 8.98 Å². The second kappa shape index (κ2) is 8.43. The first-order chi connectivity index (χ1) is 16.1. The summed E-state index contributed by atoms with van der Waals surface area (Å²) in [6.07, 6.45) is 3.48. The minimum atomic E-state index is -0.442. The van der Waals surface area contributed by atoms with Gasteiger partial charge in [-0.05, 0) is 23.8 Å². The molecular formula is C25H18N4O4. The standard InChI is InChI=1S/C25H18N4O4/c30-25(24-13-18-7-1-4-11-23(18)33-24)27-26-14-19-16-28(22-10-3-2-9-21(19)22)15-17-6-5-8-20(12-17)29(31)32/h1-14,16H,15H2,(H,27,30). The van der Waals surface area contributed by atoms with E-state index in [4.69, 9.17) is 4.42 Å². The summed E-state index contributed by atoms with van der Waals surface area (Å²) < 4.78 is 7.56. The number of nitrogens with one attached hydrogen (secondary N) is 1. The monoisotopic (exact) mass is 438 g/mol. The lowest BCUT2D eigenvalue weighted by Crippen LogP contribution is -2.16. The van der Waals surface area contributed by atoms with E-state index in [2.05, 4.69) is 10.5 Å². The molecule has 2 heterocycles. The maximum Gasteiger partial charge on any atom is 0.307 e. The molecule has 5 rings (SSSR count). The molecule has 2 aromatic heterocycles. The first-order valence-electron chi connectivity index (χ1n) is 10.2. The molecule has 8 nitrogen and oxygen atoms in total. The number of rotatable bonds is 6. The van der Waals surface area contributed by atoms with Crippen LogP contribution in [0.4, 0.5) is 5.69 Å². The highest BCUT2D eigenvalue weighted by atomic mass is 16.6. The second-order valence-electron chi connectivity index (χ2n) is 7.50. The number of carbonyl (C=O) groups is 1. The van der Waals surface area contributed by atoms with Gasteiger partial charge in [-0.25, -0.2) is 5.43 Å². The lowest BCUT2D eigenvalue weighted by Gasteiger charge is -2.05. The molecule has 0 atom stereocenters. The fourth-order valence-electron chi connectivity index (χ4n) is 3.78. The van der Waals surface area contributed by atoms with Gasteiger partial charge in [-0.1, -0.05) is 48.5 Å². The predicted octanol–water partition coefficient (Wildman–Crippen LogP) is 5.11. The number of hydrogen-bond acceptors (Lipinski definition) is 5. The third kappa shape index (κ3) is 4.09. The van der Waals surface area contributed by atoms with Crippen molar-refractivity contribution >= 4 is 39.7 Å². The van der Waals surface area contributed by atoms with Gasteiger partial charge in [-0.3, -0.25) is 14.9 Å². The Balaban J connectivity index is 1.38. The van der Waals surface area contributed by atoms with Gasteiger partial charge in [0.1, 0.15) is 5.58 Å². The quantitative estimate of drug-likeness (QED) is 0.226. The van der Waals surface area contributed by atoms with Crippen molar-refractivity contribution < 1.29 is 14.1 Å². The number of nitrogens with zero attached hydrogens (tertiary/aromatic N) is 3. The highest BCUT2D eigenvalue weighted by Crippen LogP contribution is 2.23. The molecule has 0 spiro atoms. The van der Waals surface area contributed by atoms with Crippen LogP contribution in [0.5, 0.6) is 0 Å². The Bertz CT molecular complexity index is 1500. The van der Waals surface area contributed by atoms with E-state index in [1.807, 2.05) is 59.3 Å². The molecule has 5 aromatic rings. The molecular weight excluding hydrogens is 420 g/mol. The lowest BCUT2D eigenvalue weighted by atomic mass is 10.2. The molecule has 0 saturated carbocycles. The fourth-order valence-corrected chi connectivity index (χ4v) is 3.78. The Hall–Kier alpha value is -4.72. The van der Waals surface area contributed by atoms with E-state index in [0.29, 0.717) is 12.1 Å². The summed E-state index contributed by atoms with van der Waals surface area (Å²) in [5, 5.41) is 17.0. The van der Waals surface area contributed by atoms with Crippen molar-refractivity contribution in [3.63, 3.8) is 0 Å². The van der Waals surface area contributed by atoms with Crippen molar-refractivity contribution in [2.45, 2.75) is 6.54 Å². The average Bonchev–Trinajstić information content (AvgIpc) is 3.41. The van der Waals surface area contributed by atoms with E-state index in [1.165, 1.54) is 6.07 Å².